The zero-order valence-electron chi connectivity index (χ0n) is 10.3. The van der Waals surface area contributed by atoms with Gasteiger partial charge in [0.05, 0.1) is 4.90 Å². The molecule has 6 heteroatoms. The van der Waals surface area contributed by atoms with Crippen LogP contribution in [0, 0.1) is 0 Å². The summed E-state index contributed by atoms with van der Waals surface area (Å²) in [5.74, 6) is 0. The van der Waals surface area contributed by atoms with E-state index in [2.05, 4.69) is 4.72 Å². The maximum absolute atomic E-state index is 12.0. The molecule has 0 unspecified atom stereocenters. The van der Waals surface area contributed by atoms with Gasteiger partial charge in [-0.05, 0) is 49.4 Å². The average molecular weight is 291 g/mol. The van der Waals surface area contributed by atoms with Crippen LogP contribution in [0.1, 0.15) is 24.5 Å². The third kappa shape index (κ3) is 3.23. The molecule has 4 nitrogen and oxygen atoms in total. The van der Waals surface area contributed by atoms with Crippen molar-refractivity contribution in [3.8, 4) is 0 Å². The van der Waals surface area contributed by atoms with E-state index in [9.17, 15) is 8.42 Å². The largest absolute Gasteiger partial charge is 0.329 e. The molecule has 102 valence electrons. The van der Waals surface area contributed by atoms with E-state index >= 15 is 0 Å². The molecule has 0 saturated heterocycles. The van der Waals surface area contributed by atoms with Crippen LogP contribution in [-0.2, 0) is 22.9 Å². The van der Waals surface area contributed by atoms with Crippen LogP contribution < -0.4 is 10.5 Å². The van der Waals surface area contributed by atoms with Crippen molar-refractivity contribution >= 4 is 22.4 Å². The highest BCUT2D eigenvalue weighted by Crippen LogP contribution is 2.24. The van der Waals surface area contributed by atoms with Gasteiger partial charge in [-0.1, -0.05) is 6.07 Å². The van der Waals surface area contributed by atoms with Crippen molar-refractivity contribution in [2.24, 2.45) is 5.73 Å². The highest BCUT2D eigenvalue weighted by molar-refractivity contribution is 7.89. The molecule has 1 atom stereocenters. The Morgan fingerprint density at radius 2 is 2.00 bits per heavy atom. The summed E-state index contributed by atoms with van der Waals surface area (Å²) in [6, 6.07) is 5.14. The lowest BCUT2D eigenvalue weighted by atomic mass is 10.1. The Bertz CT molecular complexity index is 517. The molecule has 0 aromatic heterocycles. The second-order valence-electron chi connectivity index (χ2n) is 4.54. The lowest BCUT2D eigenvalue weighted by molar-refractivity contribution is 0.562. The van der Waals surface area contributed by atoms with Gasteiger partial charge in [-0.15, -0.1) is 12.4 Å². The quantitative estimate of drug-likeness (QED) is 0.876. The molecule has 1 aliphatic carbocycles. The van der Waals surface area contributed by atoms with E-state index in [-0.39, 0.29) is 18.4 Å². The molecule has 0 bridgehead atoms. The first-order chi connectivity index (χ1) is 8.03. The fourth-order valence-electron chi connectivity index (χ4n) is 2.10. The minimum atomic E-state index is -3.42. The van der Waals surface area contributed by atoms with Crippen molar-refractivity contribution in [3.05, 3.63) is 29.3 Å². The predicted octanol–water partition coefficient (Wildman–Crippen LogP) is 1.22. The van der Waals surface area contributed by atoms with Crippen LogP contribution in [-0.4, -0.2) is 21.0 Å². The van der Waals surface area contributed by atoms with Gasteiger partial charge in [-0.25, -0.2) is 13.1 Å². The van der Waals surface area contributed by atoms with Crippen LogP contribution >= 0.6 is 12.4 Å². The second kappa shape index (κ2) is 6.02. The Kier molecular flexibility index (Phi) is 5.16. The number of nitrogens with one attached hydrogen (secondary N) is 1. The molecular weight excluding hydrogens is 272 g/mol. The first-order valence-corrected chi connectivity index (χ1v) is 7.35. The molecule has 0 heterocycles. The van der Waals surface area contributed by atoms with Crippen LogP contribution in [0.2, 0.25) is 0 Å². The SMILES string of the molecule is C[C@@H](CN)NS(=O)(=O)c1ccc2c(c1)CCC2.Cl. The summed E-state index contributed by atoms with van der Waals surface area (Å²) in [6.45, 7) is 2.05. The number of halogens is 1. The van der Waals surface area contributed by atoms with Crippen molar-refractivity contribution < 1.29 is 8.42 Å². The van der Waals surface area contributed by atoms with Gasteiger partial charge in [0, 0.05) is 12.6 Å². The van der Waals surface area contributed by atoms with E-state index in [4.69, 9.17) is 5.73 Å². The Balaban J connectivity index is 0.00000162. The van der Waals surface area contributed by atoms with Crippen molar-refractivity contribution in [2.45, 2.75) is 37.1 Å². The summed E-state index contributed by atoms with van der Waals surface area (Å²) in [5, 5.41) is 0. The van der Waals surface area contributed by atoms with Gasteiger partial charge < -0.3 is 5.73 Å². The number of sulfonamides is 1. The van der Waals surface area contributed by atoms with E-state index in [0.717, 1.165) is 24.8 Å². The summed E-state index contributed by atoms with van der Waals surface area (Å²) in [6.07, 6.45) is 3.15. The molecule has 1 aromatic rings. The van der Waals surface area contributed by atoms with Crippen molar-refractivity contribution in [1.82, 2.24) is 4.72 Å². The molecular formula is C12H19ClN2O2S. The molecule has 0 saturated carbocycles. The lowest BCUT2D eigenvalue weighted by Crippen LogP contribution is -2.37. The van der Waals surface area contributed by atoms with E-state index in [1.165, 1.54) is 5.56 Å². The third-order valence-corrected chi connectivity index (χ3v) is 4.68. The molecule has 0 spiro atoms. The standard InChI is InChI=1S/C12H18N2O2S.ClH/c1-9(8-13)14-17(15,16)12-6-5-10-3-2-4-11(10)7-12;/h5-7,9,14H,2-4,8,13H2,1H3;1H/t9-;/m0./s1. The average Bonchev–Trinajstić information content (AvgIpc) is 2.75. The Morgan fingerprint density at radius 1 is 1.33 bits per heavy atom. The first-order valence-electron chi connectivity index (χ1n) is 5.87. The van der Waals surface area contributed by atoms with E-state index in [1.807, 2.05) is 6.07 Å². The van der Waals surface area contributed by atoms with Crippen LogP contribution in [0.4, 0.5) is 0 Å². The monoisotopic (exact) mass is 290 g/mol. The Hall–Kier alpha value is -0.620. The number of fused-ring (bicyclic) bond motifs is 1. The predicted molar refractivity (Wildman–Crippen MR) is 74.6 cm³/mol. The topological polar surface area (TPSA) is 72.2 Å². The molecule has 0 fully saturated rings. The third-order valence-electron chi connectivity index (χ3n) is 3.09. The fraction of sp³-hybridized carbons (Fsp3) is 0.500. The van der Waals surface area contributed by atoms with Gasteiger partial charge in [0.25, 0.3) is 0 Å². The highest BCUT2D eigenvalue weighted by atomic mass is 35.5. The lowest BCUT2D eigenvalue weighted by Gasteiger charge is -2.12. The van der Waals surface area contributed by atoms with Crippen molar-refractivity contribution in [1.29, 1.82) is 0 Å². The fourth-order valence-corrected chi connectivity index (χ4v) is 3.40. The molecule has 0 radical (unpaired) electrons. The van der Waals surface area contributed by atoms with Gasteiger partial charge in [0.2, 0.25) is 10.0 Å². The smallest absolute Gasteiger partial charge is 0.240 e. The van der Waals surface area contributed by atoms with Crippen LogP contribution in [0.3, 0.4) is 0 Å². The van der Waals surface area contributed by atoms with Crippen LogP contribution in [0.15, 0.2) is 23.1 Å². The number of hydrogen-bond donors (Lipinski definition) is 2. The van der Waals surface area contributed by atoms with Gasteiger partial charge in [-0.2, -0.15) is 0 Å². The number of hydrogen-bond acceptors (Lipinski definition) is 3. The van der Waals surface area contributed by atoms with Gasteiger partial charge in [0.1, 0.15) is 0 Å². The summed E-state index contributed by atoms with van der Waals surface area (Å²) < 4.78 is 26.6. The van der Waals surface area contributed by atoms with Gasteiger partial charge >= 0.3 is 0 Å². The summed E-state index contributed by atoms with van der Waals surface area (Å²) in [5.41, 5.74) is 7.85. The minimum absolute atomic E-state index is 0. The number of benzene rings is 1. The summed E-state index contributed by atoms with van der Waals surface area (Å²) in [4.78, 5) is 0.346. The molecule has 1 aliphatic rings. The first kappa shape index (κ1) is 15.4. The van der Waals surface area contributed by atoms with Crippen LogP contribution in [0.25, 0.3) is 0 Å². The normalized spacial score (nSPS) is 15.9. The molecule has 2 rings (SSSR count). The van der Waals surface area contributed by atoms with E-state index in [1.54, 1.807) is 19.1 Å². The van der Waals surface area contributed by atoms with Crippen molar-refractivity contribution in [3.63, 3.8) is 0 Å². The molecule has 0 aliphatic heterocycles. The van der Waals surface area contributed by atoms with Gasteiger partial charge in [-0.3, -0.25) is 0 Å². The zero-order valence-corrected chi connectivity index (χ0v) is 12.0. The maximum atomic E-state index is 12.0. The van der Waals surface area contributed by atoms with E-state index < -0.39 is 10.0 Å². The van der Waals surface area contributed by atoms with Crippen molar-refractivity contribution in [2.75, 3.05) is 6.54 Å². The Morgan fingerprint density at radius 3 is 2.67 bits per heavy atom. The summed E-state index contributed by atoms with van der Waals surface area (Å²) >= 11 is 0. The van der Waals surface area contributed by atoms with Gasteiger partial charge in [0.15, 0.2) is 0 Å². The Labute approximate surface area is 114 Å². The number of aryl methyl sites for hydroxylation is 2. The number of nitrogens with two attached hydrogens (primary N) is 1. The zero-order chi connectivity index (χ0) is 12.5. The molecule has 0 amide bonds. The maximum Gasteiger partial charge on any atom is 0.240 e. The van der Waals surface area contributed by atoms with Crippen LogP contribution in [0.5, 0.6) is 0 Å². The second-order valence-corrected chi connectivity index (χ2v) is 6.26. The number of rotatable bonds is 4. The van der Waals surface area contributed by atoms with E-state index in [0.29, 0.717) is 11.4 Å². The minimum Gasteiger partial charge on any atom is -0.329 e. The molecule has 18 heavy (non-hydrogen) atoms. The molecule has 1 aromatic carbocycles. The summed E-state index contributed by atoms with van der Waals surface area (Å²) in [7, 11) is -3.42. The highest BCUT2D eigenvalue weighted by Gasteiger charge is 2.19. The molecule has 3 N–H and O–H groups in total.